The minimum Gasteiger partial charge on any atom is -0.549 e. The van der Waals surface area contributed by atoms with Crippen molar-refractivity contribution < 1.29 is 61.3 Å². The maximum absolute atomic E-state index is 11.0. The molecule has 0 bridgehead atoms. The number of hydrogen-bond donors (Lipinski definition) is 0. The first kappa shape index (κ1) is 16.8. The SMILES string of the molecule is CC.N#CC1CC1(C(=O)[O-])c1ccccc1.[K+]. The first-order chi connectivity index (χ1) is 7.71. The smallest absolute Gasteiger partial charge is 0.549 e. The predicted octanol–water partition coefficient (Wildman–Crippen LogP) is -1.75. The van der Waals surface area contributed by atoms with Crippen molar-refractivity contribution in [2.45, 2.75) is 25.7 Å². The van der Waals surface area contributed by atoms with Crippen LogP contribution in [0.4, 0.5) is 0 Å². The van der Waals surface area contributed by atoms with E-state index in [1.807, 2.05) is 26.0 Å². The third kappa shape index (κ3) is 3.18. The van der Waals surface area contributed by atoms with Crippen LogP contribution in [0, 0.1) is 17.2 Å². The summed E-state index contributed by atoms with van der Waals surface area (Å²) in [5.41, 5.74) is -0.373. The fourth-order valence-corrected chi connectivity index (χ4v) is 1.82. The molecule has 3 nitrogen and oxygen atoms in total. The van der Waals surface area contributed by atoms with Gasteiger partial charge in [-0.3, -0.25) is 0 Å². The standard InChI is InChI=1S/C11H9NO2.C2H6.K/c12-7-9-6-11(9,10(13)14)8-4-2-1-3-5-8;1-2;/h1-5,9H,6H2,(H,13,14);1-2H3;/q;;+1/p-1. The number of nitrogens with zero attached hydrogens (tertiary/aromatic N) is 1. The Morgan fingerprint density at radius 1 is 1.41 bits per heavy atom. The number of carbonyl (C=O) groups is 1. The van der Waals surface area contributed by atoms with E-state index in [0.717, 1.165) is 0 Å². The van der Waals surface area contributed by atoms with E-state index in [-0.39, 0.29) is 51.4 Å². The molecule has 1 aliphatic rings. The number of benzene rings is 1. The molecule has 1 aromatic carbocycles. The van der Waals surface area contributed by atoms with E-state index < -0.39 is 17.3 Å². The van der Waals surface area contributed by atoms with Crippen LogP contribution in [0.5, 0.6) is 0 Å². The summed E-state index contributed by atoms with van der Waals surface area (Å²) in [5, 5.41) is 19.7. The van der Waals surface area contributed by atoms with Crippen molar-refractivity contribution in [3.8, 4) is 6.07 Å². The van der Waals surface area contributed by atoms with E-state index in [1.165, 1.54) is 0 Å². The molecule has 0 amide bonds. The third-order valence-electron chi connectivity index (χ3n) is 2.77. The molecule has 2 atom stereocenters. The molecule has 1 fully saturated rings. The third-order valence-corrected chi connectivity index (χ3v) is 2.77. The summed E-state index contributed by atoms with van der Waals surface area (Å²) in [4.78, 5) is 11.0. The van der Waals surface area contributed by atoms with E-state index >= 15 is 0 Å². The summed E-state index contributed by atoms with van der Waals surface area (Å²) < 4.78 is 0. The maximum Gasteiger partial charge on any atom is 1.00 e. The van der Waals surface area contributed by atoms with Gasteiger partial charge in [0.15, 0.2) is 0 Å². The zero-order valence-corrected chi connectivity index (χ0v) is 13.6. The quantitative estimate of drug-likeness (QED) is 0.589. The van der Waals surface area contributed by atoms with Crippen molar-refractivity contribution >= 4 is 5.97 Å². The number of aliphatic carboxylic acids is 1. The Balaban J connectivity index is 0.000000811. The van der Waals surface area contributed by atoms with Crippen LogP contribution >= 0.6 is 0 Å². The van der Waals surface area contributed by atoms with Crippen LogP contribution in [0.2, 0.25) is 0 Å². The second-order valence-corrected chi connectivity index (χ2v) is 3.51. The van der Waals surface area contributed by atoms with E-state index in [2.05, 4.69) is 0 Å². The second-order valence-electron chi connectivity index (χ2n) is 3.51. The van der Waals surface area contributed by atoms with Gasteiger partial charge in [-0.2, -0.15) is 5.26 Å². The Morgan fingerprint density at radius 2 is 1.94 bits per heavy atom. The van der Waals surface area contributed by atoms with Crippen molar-refractivity contribution in [2.75, 3.05) is 0 Å². The van der Waals surface area contributed by atoms with Crippen LogP contribution in [0.25, 0.3) is 0 Å². The molecule has 2 unspecified atom stereocenters. The van der Waals surface area contributed by atoms with Crippen molar-refractivity contribution in [3.63, 3.8) is 0 Å². The van der Waals surface area contributed by atoms with Crippen molar-refractivity contribution in [1.82, 2.24) is 0 Å². The molecule has 0 aromatic heterocycles. The van der Waals surface area contributed by atoms with Gasteiger partial charge in [-0.1, -0.05) is 44.2 Å². The molecule has 0 radical (unpaired) electrons. The van der Waals surface area contributed by atoms with Crippen LogP contribution in [0.15, 0.2) is 30.3 Å². The van der Waals surface area contributed by atoms with Crippen LogP contribution in [0.3, 0.4) is 0 Å². The molecule has 1 saturated carbocycles. The van der Waals surface area contributed by atoms with Gasteiger partial charge in [-0.05, 0) is 12.0 Å². The maximum atomic E-state index is 11.0. The van der Waals surface area contributed by atoms with Crippen LogP contribution in [0.1, 0.15) is 25.8 Å². The van der Waals surface area contributed by atoms with E-state index in [4.69, 9.17) is 5.26 Å². The summed E-state index contributed by atoms with van der Waals surface area (Å²) in [6, 6.07) is 10.8. The molecule has 0 aliphatic heterocycles. The predicted molar refractivity (Wildman–Crippen MR) is 58.2 cm³/mol. The number of carbonyl (C=O) groups excluding carboxylic acids is 1. The van der Waals surface area contributed by atoms with Crippen molar-refractivity contribution in [2.24, 2.45) is 5.92 Å². The van der Waals surface area contributed by atoms with Gasteiger partial charge in [0.1, 0.15) is 0 Å². The molecule has 0 spiro atoms. The topological polar surface area (TPSA) is 63.9 Å². The molecule has 0 N–H and O–H groups in total. The molecular weight excluding hydrogens is 241 g/mol. The first-order valence-electron chi connectivity index (χ1n) is 5.38. The Bertz CT molecular complexity index is 413. The van der Waals surface area contributed by atoms with Gasteiger partial charge in [0.2, 0.25) is 0 Å². The molecule has 0 heterocycles. The minimum absolute atomic E-state index is 0. The molecule has 0 saturated heterocycles. The normalized spacial score (nSPS) is 24.4. The summed E-state index contributed by atoms with van der Waals surface area (Å²) in [5.74, 6) is -1.58. The Morgan fingerprint density at radius 3 is 2.29 bits per heavy atom. The van der Waals surface area contributed by atoms with Gasteiger partial charge in [0.05, 0.1) is 23.4 Å². The zero-order chi connectivity index (χ0) is 12.2. The number of carboxylic acid groups (broad SMARTS) is 1. The second kappa shape index (κ2) is 7.29. The molecule has 84 valence electrons. The molecule has 4 heteroatoms. The van der Waals surface area contributed by atoms with Crippen LogP contribution in [-0.4, -0.2) is 5.97 Å². The largest absolute Gasteiger partial charge is 1.00 e. The number of carboxylic acids is 1. The van der Waals surface area contributed by atoms with Crippen molar-refractivity contribution in [1.29, 1.82) is 5.26 Å². The molecule has 1 aliphatic carbocycles. The molecule has 2 rings (SSSR count). The minimum atomic E-state index is -1.14. The molecular formula is C13H14KNO2. The van der Waals surface area contributed by atoms with Gasteiger partial charge >= 0.3 is 51.4 Å². The van der Waals surface area contributed by atoms with Gasteiger partial charge in [-0.15, -0.1) is 0 Å². The summed E-state index contributed by atoms with van der Waals surface area (Å²) in [6.07, 6.45) is 0.371. The summed E-state index contributed by atoms with van der Waals surface area (Å²) in [7, 11) is 0. The van der Waals surface area contributed by atoms with Gasteiger partial charge in [-0.25, -0.2) is 0 Å². The van der Waals surface area contributed by atoms with Gasteiger partial charge in [0, 0.05) is 0 Å². The monoisotopic (exact) mass is 255 g/mol. The molecule has 1 aromatic rings. The summed E-state index contributed by atoms with van der Waals surface area (Å²) >= 11 is 0. The number of rotatable bonds is 2. The fourth-order valence-electron chi connectivity index (χ4n) is 1.82. The number of nitriles is 1. The van der Waals surface area contributed by atoms with Gasteiger partial charge in [0.25, 0.3) is 0 Å². The first-order valence-corrected chi connectivity index (χ1v) is 5.38. The average Bonchev–Trinajstić information content (AvgIpc) is 3.08. The van der Waals surface area contributed by atoms with Crippen molar-refractivity contribution in [3.05, 3.63) is 35.9 Å². The Hall–Kier alpha value is -0.184. The van der Waals surface area contributed by atoms with Crippen LogP contribution < -0.4 is 56.5 Å². The number of hydrogen-bond acceptors (Lipinski definition) is 3. The van der Waals surface area contributed by atoms with E-state index in [0.29, 0.717) is 12.0 Å². The van der Waals surface area contributed by atoms with E-state index in [9.17, 15) is 9.90 Å². The Kier molecular flexibility index (Phi) is 7.22. The fraction of sp³-hybridized carbons (Fsp3) is 0.385. The van der Waals surface area contributed by atoms with E-state index in [1.54, 1.807) is 24.3 Å². The molecule has 17 heavy (non-hydrogen) atoms. The van der Waals surface area contributed by atoms with Gasteiger partial charge < -0.3 is 9.90 Å². The Labute approximate surface area is 144 Å². The van der Waals surface area contributed by atoms with Crippen LogP contribution in [-0.2, 0) is 10.2 Å². The average molecular weight is 255 g/mol. The zero-order valence-electron chi connectivity index (χ0n) is 10.4. The summed E-state index contributed by atoms with van der Waals surface area (Å²) in [6.45, 7) is 4.00.